The molecule has 0 unspecified atom stereocenters. The van der Waals surface area contributed by atoms with Gasteiger partial charge < -0.3 is 24.5 Å². The van der Waals surface area contributed by atoms with Crippen molar-refractivity contribution in [3.05, 3.63) is 18.2 Å². The molecule has 3 rings (SSSR count). The third-order valence-electron chi connectivity index (χ3n) is 4.49. The number of carbonyl (C=O) groups is 1. The van der Waals surface area contributed by atoms with E-state index in [-0.39, 0.29) is 5.91 Å². The van der Waals surface area contributed by atoms with E-state index in [2.05, 4.69) is 25.7 Å². The normalized spacial score (nSPS) is 14.6. The van der Waals surface area contributed by atoms with Crippen molar-refractivity contribution in [2.75, 3.05) is 57.1 Å². The van der Waals surface area contributed by atoms with E-state index in [4.69, 9.17) is 13.9 Å². The number of methoxy groups -OCH3 is 1. The highest BCUT2D eigenvalue weighted by atomic mass is 16.5. The van der Waals surface area contributed by atoms with E-state index in [0.717, 1.165) is 45.8 Å². The number of aromatic nitrogens is 2. The second-order valence-corrected chi connectivity index (χ2v) is 6.46. The van der Waals surface area contributed by atoms with Gasteiger partial charge in [0.15, 0.2) is 0 Å². The van der Waals surface area contributed by atoms with Crippen LogP contribution in [0.15, 0.2) is 22.6 Å². The summed E-state index contributed by atoms with van der Waals surface area (Å²) in [6.45, 7) is 7.15. The molecule has 0 atom stereocenters. The predicted octanol–water partition coefficient (Wildman–Crippen LogP) is 2.23. The first-order valence-electron chi connectivity index (χ1n) is 9.55. The van der Waals surface area contributed by atoms with Crippen LogP contribution in [0.25, 0.3) is 11.5 Å². The molecule has 0 radical (unpaired) electrons. The number of benzene rings is 1. The van der Waals surface area contributed by atoms with Crippen LogP contribution < -0.4 is 15.4 Å². The number of nitrogens with one attached hydrogen (secondary N) is 2. The van der Waals surface area contributed by atoms with E-state index in [1.54, 1.807) is 32.2 Å². The molecule has 1 aliphatic rings. The van der Waals surface area contributed by atoms with E-state index in [1.165, 1.54) is 0 Å². The van der Waals surface area contributed by atoms with Crippen molar-refractivity contribution in [1.29, 1.82) is 0 Å². The van der Waals surface area contributed by atoms with E-state index >= 15 is 0 Å². The van der Waals surface area contributed by atoms with Gasteiger partial charge in [-0.25, -0.2) is 0 Å². The van der Waals surface area contributed by atoms with Crippen LogP contribution in [-0.4, -0.2) is 67.5 Å². The van der Waals surface area contributed by atoms with Gasteiger partial charge in [-0.1, -0.05) is 12.0 Å². The largest absolute Gasteiger partial charge is 0.496 e. The number of amides is 1. The molecule has 0 spiro atoms. The van der Waals surface area contributed by atoms with Gasteiger partial charge in [-0.3, -0.25) is 9.69 Å². The number of hydrogen-bond donors (Lipinski definition) is 2. The van der Waals surface area contributed by atoms with Gasteiger partial charge in [0.25, 0.3) is 5.89 Å². The van der Waals surface area contributed by atoms with Gasteiger partial charge in [0.1, 0.15) is 5.75 Å². The maximum Gasteiger partial charge on any atom is 0.315 e. The van der Waals surface area contributed by atoms with Gasteiger partial charge in [-0.05, 0) is 25.1 Å². The van der Waals surface area contributed by atoms with Crippen molar-refractivity contribution in [1.82, 2.24) is 15.1 Å². The van der Waals surface area contributed by atoms with Gasteiger partial charge in [0, 0.05) is 37.8 Å². The van der Waals surface area contributed by atoms with Crippen molar-refractivity contribution >= 4 is 17.6 Å². The molecule has 1 saturated heterocycles. The molecule has 1 aromatic heterocycles. The molecule has 2 heterocycles. The second-order valence-electron chi connectivity index (χ2n) is 6.46. The molecule has 28 heavy (non-hydrogen) atoms. The van der Waals surface area contributed by atoms with Crippen LogP contribution in [-0.2, 0) is 9.53 Å². The van der Waals surface area contributed by atoms with E-state index in [1.807, 2.05) is 0 Å². The van der Waals surface area contributed by atoms with Crippen molar-refractivity contribution in [2.24, 2.45) is 0 Å². The lowest BCUT2D eigenvalue weighted by atomic mass is 10.1. The van der Waals surface area contributed by atoms with Gasteiger partial charge >= 0.3 is 6.01 Å². The Kier molecular flexibility index (Phi) is 7.21. The fourth-order valence-corrected chi connectivity index (χ4v) is 2.92. The summed E-state index contributed by atoms with van der Waals surface area (Å²) in [4.78, 5) is 13.9. The molecule has 9 heteroatoms. The third-order valence-corrected chi connectivity index (χ3v) is 4.49. The summed E-state index contributed by atoms with van der Waals surface area (Å²) >= 11 is 0. The molecule has 1 aromatic carbocycles. The zero-order valence-corrected chi connectivity index (χ0v) is 16.4. The summed E-state index contributed by atoms with van der Waals surface area (Å²) in [6.07, 6.45) is 1.39. The predicted molar refractivity (Wildman–Crippen MR) is 106 cm³/mol. The Morgan fingerprint density at radius 3 is 2.86 bits per heavy atom. The summed E-state index contributed by atoms with van der Waals surface area (Å²) in [5, 5.41) is 14.1. The maximum absolute atomic E-state index is 11.6. The highest BCUT2D eigenvalue weighted by Crippen LogP contribution is 2.32. The minimum atomic E-state index is -0.0591. The van der Waals surface area contributed by atoms with Crippen molar-refractivity contribution in [3.8, 4) is 17.2 Å². The quantitative estimate of drug-likeness (QED) is 0.630. The minimum Gasteiger partial charge on any atom is -0.496 e. The molecular formula is C19H27N5O4. The number of morpholine rings is 1. The molecule has 9 nitrogen and oxygen atoms in total. The van der Waals surface area contributed by atoms with Crippen LogP contribution in [0.4, 0.5) is 11.7 Å². The topological polar surface area (TPSA) is 102 Å². The highest BCUT2D eigenvalue weighted by Gasteiger charge is 2.15. The standard InChI is InChI=1S/C19H27N5O4/c1-3-17(25)21-14-5-6-15(16(13-14)26-2)18-22-23-19(28-18)20-7-4-8-24-9-11-27-12-10-24/h5-6,13H,3-4,7-12H2,1-2H3,(H,20,23)(H,21,25). The first-order valence-corrected chi connectivity index (χ1v) is 9.55. The van der Waals surface area contributed by atoms with Gasteiger partial charge in [0.2, 0.25) is 5.91 Å². The van der Waals surface area contributed by atoms with Crippen LogP contribution >= 0.6 is 0 Å². The lowest BCUT2D eigenvalue weighted by molar-refractivity contribution is -0.115. The SMILES string of the molecule is CCC(=O)Nc1ccc(-c2nnc(NCCCN3CCOCC3)o2)c(OC)c1. The van der Waals surface area contributed by atoms with Crippen LogP contribution in [0.3, 0.4) is 0 Å². The summed E-state index contributed by atoms with van der Waals surface area (Å²) in [5.41, 5.74) is 1.33. The molecule has 1 amide bonds. The number of carbonyl (C=O) groups excluding carboxylic acids is 1. The average Bonchev–Trinajstić information content (AvgIpc) is 3.20. The number of nitrogens with zero attached hydrogens (tertiary/aromatic N) is 3. The average molecular weight is 389 g/mol. The second kappa shape index (κ2) is 10.0. The molecule has 0 saturated carbocycles. The van der Waals surface area contributed by atoms with E-state index in [9.17, 15) is 4.79 Å². The van der Waals surface area contributed by atoms with Gasteiger partial charge in [-0.2, -0.15) is 0 Å². The summed E-state index contributed by atoms with van der Waals surface area (Å²) in [7, 11) is 1.56. The Morgan fingerprint density at radius 1 is 1.29 bits per heavy atom. The Labute approximate surface area is 164 Å². The maximum atomic E-state index is 11.6. The van der Waals surface area contributed by atoms with Crippen LogP contribution in [0.2, 0.25) is 0 Å². The molecule has 0 bridgehead atoms. The Balaban J connectivity index is 1.55. The monoisotopic (exact) mass is 389 g/mol. The molecule has 152 valence electrons. The number of ether oxygens (including phenoxy) is 2. The smallest absolute Gasteiger partial charge is 0.315 e. The Morgan fingerprint density at radius 2 is 2.11 bits per heavy atom. The molecule has 1 aliphatic heterocycles. The molecular weight excluding hydrogens is 362 g/mol. The van der Waals surface area contributed by atoms with Crippen LogP contribution in [0.5, 0.6) is 5.75 Å². The van der Waals surface area contributed by atoms with Gasteiger partial charge in [0.05, 0.1) is 25.9 Å². The summed E-state index contributed by atoms with van der Waals surface area (Å²) in [6, 6.07) is 5.69. The summed E-state index contributed by atoms with van der Waals surface area (Å²) < 4.78 is 16.5. The fraction of sp³-hybridized carbons (Fsp3) is 0.526. The molecule has 0 aliphatic carbocycles. The fourth-order valence-electron chi connectivity index (χ4n) is 2.92. The third kappa shape index (κ3) is 5.43. The molecule has 2 N–H and O–H groups in total. The first-order chi connectivity index (χ1) is 13.7. The molecule has 1 fully saturated rings. The zero-order valence-electron chi connectivity index (χ0n) is 16.4. The summed E-state index contributed by atoms with van der Waals surface area (Å²) in [5.74, 6) is 0.855. The number of hydrogen-bond acceptors (Lipinski definition) is 8. The van der Waals surface area contributed by atoms with E-state index < -0.39 is 0 Å². The highest BCUT2D eigenvalue weighted by molar-refractivity contribution is 5.91. The number of rotatable bonds is 9. The van der Waals surface area contributed by atoms with Gasteiger partial charge in [-0.15, -0.1) is 5.10 Å². The lowest BCUT2D eigenvalue weighted by Gasteiger charge is -2.26. The van der Waals surface area contributed by atoms with Crippen LogP contribution in [0, 0.1) is 0 Å². The number of anilines is 2. The molecule has 2 aromatic rings. The zero-order chi connectivity index (χ0) is 19.8. The van der Waals surface area contributed by atoms with E-state index in [0.29, 0.717) is 35.3 Å². The minimum absolute atomic E-state index is 0.0591. The van der Waals surface area contributed by atoms with Crippen molar-refractivity contribution in [2.45, 2.75) is 19.8 Å². The Hall–Kier alpha value is -2.65. The van der Waals surface area contributed by atoms with Crippen molar-refractivity contribution < 1.29 is 18.7 Å². The van der Waals surface area contributed by atoms with Crippen LogP contribution in [0.1, 0.15) is 19.8 Å². The van der Waals surface area contributed by atoms with Crippen molar-refractivity contribution in [3.63, 3.8) is 0 Å². The lowest BCUT2D eigenvalue weighted by Crippen LogP contribution is -2.37. The first kappa shape index (κ1) is 20.1. The Bertz CT molecular complexity index is 773.